The second kappa shape index (κ2) is 4.00. The Morgan fingerprint density at radius 3 is 2.93 bits per heavy atom. The Labute approximate surface area is 95.6 Å². The van der Waals surface area contributed by atoms with Gasteiger partial charge in [0, 0.05) is 5.02 Å². The van der Waals surface area contributed by atoms with Crippen LogP contribution >= 0.6 is 23.8 Å². The summed E-state index contributed by atoms with van der Waals surface area (Å²) >= 11 is 10.9. The van der Waals surface area contributed by atoms with Crippen LogP contribution in [0.3, 0.4) is 0 Å². The van der Waals surface area contributed by atoms with Gasteiger partial charge in [-0.15, -0.1) is 0 Å². The van der Waals surface area contributed by atoms with Crippen molar-refractivity contribution in [3.63, 3.8) is 0 Å². The molecule has 2 rings (SSSR count). The number of nitrogens with one attached hydrogen (secondary N) is 1. The monoisotopic (exact) mass is 242 g/mol. The summed E-state index contributed by atoms with van der Waals surface area (Å²) in [5.74, 6) is 0.640. The summed E-state index contributed by atoms with van der Waals surface area (Å²) in [5, 5.41) is 10.5. The molecule has 0 bridgehead atoms. The number of ether oxygens (including phenoxy) is 1. The minimum absolute atomic E-state index is 0.315. The Kier molecular flexibility index (Phi) is 2.70. The molecule has 1 heterocycles. The molecule has 0 atom stereocenters. The lowest BCUT2D eigenvalue weighted by molar-refractivity contribution is 0.411. The summed E-state index contributed by atoms with van der Waals surface area (Å²) in [6.45, 7) is 0. The lowest BCUT2D eigenvalue weighted by Crippen LogP contribution is -2.00. The molecule has 0 aliphatic rings. The van der Waals surface area contributed by atoms with E-state index in [9.17, 15) is 0 Å². The average molecular weight is 243 g/mol. The van der Waals surface area contributed by atoms with Crippen molar-refractivity contribution in [3.05, 3.63) is 28.0 Å². The quantitative estimate of drug-likeness (QED) is 0.819. The van der Waals surface area contributed by atoms with E-state index in [2.05, 4.69) is 15.5 Å². The largest absolute Gasteiger partial charge is 0.494 e. The van der Waals surface area contributed by atoms with Gasteiger partial charge in [-0.1, -0.05) is 21.9 Å². The number of aromatic nitrogens is 4. The zero-order chi connectivity index (χ0) is 10.8. The normalized spacial score (nSPS) is 10.3. The molecule has 0 amide bonds. The smallest absolute Gasteiger partial charge is 0.243 e. The molecular formula is C8H7ClN4OS. The third kappa shape index (κ3) is 1.86. The number of H-pyrrole nitrogens is 1. The van der Waals surface area contributed by atoms with E-state index in [1.807, 2.05) is 0 Å². The standard InChI is InChI=1S/C8H7ClN4OS/c1-14-7-3-2-5(9)4-6(7)13-8(15)10-11-12-13/h2-4H,1H3,(H,10,12,15). The van der Waals surface area contributed by atoms with Crippen molar-refractivity contribution in [1.82, 2.24) is 20.2 Å². The fourth-order valence-electron chi connectivity index (χ4n) is 1.19. The predicted molar refractivity (Wildman–Crippen MR) is 58.1 cm³/mol. The molecule has 15 heavy (non-hydrogen) atoms. The molecular weight excluding hydrogens is 236 g/mol. The number of tetrazole rings is 1. The van der Waals surface area contributed by atoms with Gasteiger partial charge in [-0.2, -0.15) is 5.21 Å². The van der Waals surface area contributed by atoms with Crippen molar-refractivity contribution in [2.24, 2.45) is 0 Å². The van der Waals surface area contributed by atoms with Gasteiger partial charge >= 0.3 is 0 Å². The molecule has 1 N–H and O–H groups in total. The fraction of sp³-hybridized carbons (Fsp3) is 0.125. The maximum atomic E-state index is 5.89. The van der Waals surface area contributed by atoms with Gasteiger partial charge in [0.25, 0.3) is 0 Å². The van der Waals surface area contributed by atoms with Crippen LogP contribution in [-0.4, -0.2) is 27.3 Å². The Morgan fingerprint density at radius 1 is 1.53 bits per heavy atom. The molecule has 1 aromatic heterocycles. The van der Waals surface area contributed by atoms with Gasteiger partial charge in [0.1, 0.15) is 11.4 Å². The van der Waals surface area contributed by atoms with E-state index < -0.39 is 0 Å². The summed E-state index contributed by atoms with van der Waals surface area (Å²) in [5.41, 5.74) is 0.681. The van der Waals surface area contributed by atoms with E-state index in [4.69, 9.17) is 28.6 Å². The van der Waals surface area contributed by atoms with Crippen molar-refractivity contribution in [1.29, 1.82) is 0 Å². The molecule has 0 unspecified atom stereocenters. The number of halogens is 1. The molecule has 1 aromatic carbocycles. The first-order valence-corrected chi connectivity index (χ1v) is 4.85. The topological polar surface area (TPSA) is 55.7 Å². The lowest BCUT2D eigenvalue weighted by atomic mass is 10.3. The summed E-state index contributed by atoms with van der Waals surface area (Å²) < 4.78 is 7.01. The second-order valence-corrected chi connectivity index (χ2v) is 3.54. The van der Waals surface area contributed by atoms with Crippen molar-refractivity contribution >= 4 is 23.8 Å². The van der Waals surface area contributed by atoms with E-state index >= 15 is 0 Å². The number of methoxy groups -OCH3 is 1. The Bertz CT molecular complexity index is 535. The SMILES string of the molecule is COc1ccc(Cl)cc1-n1[nH]nnc1=S. The molecule has 2 aromatic rings. The fourth-order valence-corrected chi connectivity index (χ4v) is 1.54. The summed E-state index contributed by atoms with van der Waals surface area (Å²) in [6.07, 6.45) is 0. The Morgan fingerprint density at radius 2 is 2.33 bits per heavy atom. The molecule has 0 aliphatic heterocycles. The van der Waals surface area contributed by atoms with Gasteiger partial charge in [-0.25, -0.2) is 4.68 Å². The number of hydrogen-bond donors (Lipinski definition) is 1. The van der Waals surface area contributed by atoms with Crippen LogP contribution in [0, 0.1) is 4.77 Å². The van der Waals surface area contributed by atoms with Crippen LogP contribution in [0.4, 0.5) is 0 Å². The highest BCUT2D eigenvalue weighted by molar-refractivity contribution is 7.71. The third-order valence-electron chi connectivity index (χ3n) is 1.85. The zero-order valence-corrected chi connectivity index (χ0v) is 9.34. The molecule has 7 heteroatoms. The van der Waals surface area contributed by atoms with E-state index in [-0.39, 0.29) is 0 Å². The van der Waals surface area contributed by atoms with Crippen molar-refractivity contribution in [2.75, 3.05) is 7.11 Å². The zero-order valence-electron chi connectivity index (χ0n) is 7.77. The molecule has 0 aliphatic carbocycles. The maximum Gasteiger partial charge on any atom is 0.243 e. The van der Waals surface area contributed by atoms with Crippen LogP contribution in [0.5, 0.6) is 5.75 Å². The van der Waals surface area contributed by atoms with Gasteiger partial charge in [0.05, 0.1) is 7.11 Å². The first kappa shape index (κ1) is 10.1. The Balaban J connectivity index is 2.66. The maximum absolute atomic E-state index is 5.89. The number of aromatic amines is 1. The minimum atomic E-state index is 0.315. The van der Waals surface area contributed by atoms with E-state index in [1.165, 1.54) is 4.68 Å². The van der Waals surface area contributed by atoms with Crippen LogP contribution in [0.15, 0.2) is 18.2 Å². The van der Waals surface area contributed by atoms with E-state index in [0.29, 0.717) is 21.2 Å². The van der Waals surface area contributed by atoms with Gasteiger partial charge in [-0.3, -0.25) is 0 Å². The van der Waals surface area contributed by atoms with Gasteiger partial charge in [0.2, 0.25) is 4.77 Å². The summed E-state index contributed by atoms with van der Waals surface area (Å²) in [4.78, 5) is 0. The third-order valence-corrected chi connectivity index (χ3v) is 2.35. The summed E-state index contributed by atoms with van der Waals surface area (Å²) in [6, 6.07) is 5.20. The van der Waals surface area contributed by atoms with Crippen molar-refractivity contribution < 1.29 is 4.74 Å². The second-order valence-electron chi connectivity index (χ2n) is 2.73. The number of rotatable bonds is 2. The molecule has 0 spiro atoms. The van der Waals surface area contributed by atoms with Gasteiger partial charge in [0.15, 0.2) is 0 Å². The predicted octanol–water partition coefficient (Wildman–Crippen LogP) is 1.99. The summed E-state index contributed by atoms with van der Waals surface area (Å²) in [7, 11) is 1.57. The lowest BCUT2D eigenvalue weighted by Gasteiger charge is -2.07. The molecule has 0 fully saturated rings. The molecule has 0 saturated heterocycles. The van der Waals surface area contributed by atoms with Crippen LogP contribution in [0.2, 0.25) is 5.02 Å². The molecule has 5 nitrogen and oxygen atoms in total. The van der Waals surface area contributed by atoms with Crippen LogP contribution in [-0.2, 0) is 0 Å². The highest BCUT2D eigenvalue weighted by Gasteiger charge is 2.07. The van der Waals surface area contributed by atoms with E-state index in [1.54, 1.807) is 25.3 Å². The Hall–Kier alpha value is -1.40. The number of hydrogen-bond acceptors (Lipinski definition) is 4. The highest BCUT2D eigenvalue weighted by Crippen LogP contribution is 2.25. The van der Waals surface area contributed by atoms with Crippen LogP contribution in [0.25, 0.3) is 5.69 Å². The van der Waals surface area contributed by atoms with Crippen LogP contribution < -0.4 is 4.74 Å². The van der Waals surface area contributed by atoms with Gasteiger partial charge < -0.3 is 4.74 Å². The minimum Gasteiger partial charge on any atom is -0.494 e. The van der Waals surface area contributed by atoms with Crippen molar-refractivity contribution in [2.45, 2.75) is 0 Å². The van der Waals surface area contributed by atoms with Crippen LogP contribution in [0.1, 0.15) is 0 Å². The number of benzene rings is 1. The van der Waals surface area contributed by atoms with Gasteiger partial charge in [-0.05, 0) is 30.4 Å². The van der Waals surface area contributed by atoms with Crippen molar-refractivity contribution in [3.8, 4) is 11.4 Å². The molecule has 0 radical (unpaired) electrons. The average Bonchev–Trinajstić information content (AvgIpc) is 2.64. The highest BCUT2D eigenvalue weighted by atomic mass is 35.5. The first-order valence-electron chi connectivity index (χ1n) is 4.06. The molecule has 0 saturated carbocycles. The molecule has 78 valence electrons. The first-order chi connectivity index (χ1) is 7.22. The number of nitrogens with zero attached hydrogens (tertiary/aromatic N) is 3. The van der Waals surface area contributed by atoms with E-state index in [0.717, 1.165) is 0 Å².